The normalized spacial score (nSPS) is 14.8. The van der Waals surface area contributed by atoms with Crippen LogP contribution in [0.5, 0.6) is 11.5 Å². The Morgan fingerprint density at radius 3 is 2.42 bits per heavy atom. The predicted molar refractivity (Wildman–Crippen MR) is 86.8 cm³/mol. The first-order valence-corrected chi connectivity index (χ1v) is 10.5. The van der Waals surface area contributed by atoms with Crippen molar-refractivity contribution in [1.29, 1.82) is 0 Å². The van der Waals surface area contributed by atoms with E-state index in [1.165, 1.54) is 0 Å². The van der Waals surface area contributed by atoms with E-state index in [2.05, 4.69) is 4.18 Å². The quantitative estimate of drug-likeness (QED) is 0.620. The van der Waals surface area contributed by atoms with Crippen LogP contribution in [0.15, 0.2) is 23.8 Å². The minimum Gasteiger partial charge on any atom is -0.454 e. The Morgan fingerprint density at radius 2 is 1.75 bits per heavy atom. The fraction of sp³-hybridized carbons (Fsp3) is 0.429. The summed E-state index contributed by atoms with van der Waals surface area (Å²) in [5.74, 6) is 1.21. The Bertz CT molecular complexity index is 824. The number of benzene rings is 1. The SMILES string of the molecule is CS(=O)(=O)OCC/C(=C\c1ccc2c(c1)OCO2)COS(C)(=O)=O. The molecular formula is C14H18O8S2. The fourth-order valence-corrected chi connectivity index (χ4v) is 2.68. The van der Waals surface area contributed by atoms with Gasteiger partial charge < -0.3 is 9.47 Å². The van der Waals surface area contributed by atoms with E-state index in [1.54, 1.807) is 24.3 Å². The van der Waals surface area contributed by atoms with Crippen molar-refractivity contribution in [2.24, 2.45) is 0 Å². The average molecular weight is 378 g/mol. The number of rotatable bonds is 8. The zero-order chi connectivity index (χ0) is 17.8. The highest BCUT2D eigenvalue weighted by atomic mass is 32.2. The third kappa shape index (κ3) is 6.48. The Kier molecular flexibility index (Phi) is 5.86. The number of ether oxygens (including phenoxy) is 2. The van der Waals surface area contributed by atoms with Gasteiger partial charge in [0.2, 0.25) is 6.79 Å². The summed E-state index contributed by atoms with van der Waals surface area (Å²) in [6.07, 6.45) is 3.77. The minimum absolute atomic E-state index is 0.109. The van der Waals surface area contributed by atoms with Gasteiger partial charge in [-0.05, 0) is 29.7 Å². The van der Waals surface area contributed by atoms with Gasteiger partial charge in [-0.3, -0.25) is 8.37 Å². The largest absolute Gasteiger partial charge is 0.454 e. The molecule has 0 saturated carbocycles. The van der Waals surface area contributed by atoms with E-state index in [0.29, 0.717) is 17.1 Å². The van der Waals surface area contributed by atoms with Crippen LogP contribution in [0.4, 0.5) is 0 Å². The zero-order valence-electron chi connectivity index (χ0n) is 13.2. The lowest BCUT2D eigenvalue weighted by molar-refractivity contribution is 0.174. The smallest absolute Gasteiger partial charge is 0.264 e. The Labute approximate surface area is 141 Å². The summed E-state index contributed by atoms with van der Waals surface area (Å²) in [7, 11) is -7.19. The molecule has 0 atom stereocenters. The second-order valence-corrected chi connectivity index (χ2v) is 8.45. The van der Waals surface area contributed by atoms with Crippen molar-refractivity contribution in [1.82, 2.24) is 0 Å². The van der Waals surface area contributed by atoms with Gasteiger partial charge in [0.15, 0.2) is 11.5 Å². The van der Waals surface area contributed by atoms with E-state index in [0.717, 1.165) is 18.1 Å². The van der Waals surface area contributed by atoms with E-state index in [-0.39, 0.29) is 26.4 Å². The van der Waals surface area contributed by atoms with Gasteiger partial charge in [0.25, 0.3) is 20.2 Å². The molecule has 1 aliphatic heterocycles. The lowest BCUT2D eigenvalue weighted by atomic mass is 10.1. The third-order valence-corrected chi connectivity index (χ3v) is 4.09. The van der Waals surface area contributed by atoms with E-state index < -0.39 is 20.2 Å². The minimum atomic E-state index is -3.62. The molecule has 0 bridgehead atoms. The molecule has 0 unspecified atom stereocenters. The molecule has 1 aliphatic rings. The Balaban J connectivity index is 2.13. The average Bonchev–Trinajstić information content (AvgIpc) is 2.90. The van der Waals surface area contributed by atoms with Crippen molar-refractivity contribution < 1.29 is 34.7 Å². The highest BCUT2D eigenvalue weighted by Crippen LogP contribution is 2.33. The third-order valence-electron chi connectivity index (χ3n) is 2.95. The van der Waals surface area contributed by atoms with Crippen LogP contribution in [0.25, 0.3) is 6.08 Å². The van der Waals surface area contributed by atoms with Gasteiger partial charge in [-0.2, -0.15) is 16.8 Å². The molecular weight excluding hydrogens is 360 g/mol. The van der Waals surface area contributed by atoms with Crippen molar-refractivity contribution >= 4 is 26.3 Å². The first kappa shape index (κ1) is 18.7. The summed E-state index contributed by atoms with van der Waals surface area (Å²) in [4.78, 5) is 0. The van der Waals surface area contributed by atoms with Crippen LogP contribution < -0.4 is 9.47 Å². The summed E-state index contributed by atoms with van der Waals surface area (Å²) in [6, 6.07) is 5.24. The van der Waals surface area contributed by atoms with Gasteiger partial charge in [-0.25, -0.2) is 0 Å². The lowest BCUT2D eigenvalue weighted by Crippen LogP contribution is -2.10. The standard InChI is InChI=1S/C14H18O8S2/c1-23(15,16)21-6-5-12(9-22-24(2,17)18)7-11-3-4-13-14(8-11)20-10-19-13/h3-4,7-8H,5-6,9-10H2,1-2H3/b12-7+. The van der Waals surface area contributed by atoms with Gasteiger partial charge in [0.1, 0.15) is 0 Å². The second-order valence-electron chi connectivity index (χ2n) is 5.16. The molecule has 24 heavy (non-hydrogen) atoms. The molecule has 1 aromatic rings. The Hall–Kier alpha value is -1.62. The molecule has 8 nitrogen and oxygen atoms in total. The van der Waals surface area contributed by atoms with Crippen molar-refractivity contribution in [2.45, 2.75) is 6.42 Å². The molecule has 0 radical (unpaired) electrons. The van der Waals surface area contributed by atoms with Crippen LogP contribution in [-0.2, 0) is 28.6 Å². The van der Waals surface area contributed by atoms with E-state index in [4.69, 9.17) is 13.7 Å². The van der Waals surface area contributed by atoms with Crippen LogP contribution in [0.3, 0.4) is 0 Å². The number of hydrogen-bond acceptors (Lipinski definition) is 8. The van der Waals surface area contributed by atoms with Crippen molar-refractivity contribution in [3.05, 3.63) is 29.3 Å². The summed E-state index contributed by atoms with van der Waals surface area (Å²) < 4.78 is 64.3. The second kappa shape index (κ2) is 7.51. The Morgan fingerprint density at radius 1 is 1.08 bits per heavy atom. The van der Waals surface area contributed by atoms with Crippen molar-refractivity contribution in [3.63, 3.8) is 0 Å². The molecule has 0 aliphatic carbocycles. The van der Waals surface area contributed by atoms with Gasteiger partial charge in [0, 0.05) is 0 Å². The first-order chi connectivity index (χ1) is 11.1. The molecule has 1 heterocycles. The van der Waals surface area contributed by atoms with Crippen LogP contribution in [0.1, 0.15) is 12.0 Å². The summed E-state index contributed by atoms with van der Waals surface area (Å²) in [5.41, 5.74) is 1.30. The van der Waals surface area contributed by atoms with E-state index >= 15 is 0 Å². The lowest BCUT2D eigenvalue weighted by Gasteiger charge is -2.08. The molecule has 2 rings (SSSR count). The van der Waals surface area contributed by atoms with Crippen LogP contribution >= 0.6 is 0 Å². The summed E-state index contributed by atoms with van der Waals surface area (Å²) in [6.45, 7) is -0.155. The number of fused-ring (bicyclic) bond motifs is 1. The van der Waals surface area contributed by atoms with Crippen LogP contribution in [0, 0.1) is 0 Å². The summed E-state index contributed by atoms with van der Waals surface area (Å²) in [5, 5.41) is 0. The molecule has 0 amide bonds. The van der Waals surface area contributed by atoms with Gasteiger partial charge in [-0.1, -0.05) is 12.1 Å². The molecule has 0 fully saturated rings. The van der Waals surface area contributed by atoms with Gasteiger partial charge in [-0.15, -0.1) is 0 Å². The predicted octanol–water partition coefficient (Wildman–Crippen LogP) is 1.14. The zero-order valence-corrected chi connectivity index (χ0v) is 14.9. The molecule has 1 aromatic carbocycles. The summed E-state index contributed by atoms with van der Waals surface area (Å²) >= 11 is 0. The molecule has 134 valence electrons. The molecule has 0 N–H and O–H groups in total. The molecule has 10 heteroatoms. The molecule has 0 aromatic heterocycles. The van der Waals surface area contributed by atoms with Crippen LogP contribution in [-0.4, -0.2) is 49.4 Å². The van der Waals surface area contributed by atoms with E-state index in [9.17, 15) is 16.8 Å². The molecule has 0 spiro atoms. The maximum atomic E-state index is 11.2. The van der Waals surface area contributed by atoms with E-state index in [1.807, 2.05) is 0 Å². The maximum Gasteiger partial charge on any atom is 0.264 e. The van der Waals surface area contributed by atoms with Crippen LogP contribution in [0.2, 0.25) is 0 Å². The molecule has 0 saturated heterocycles. The van der Waals surface area contributed by atoms with Gasteiger partial charge in [0.05, 0.1) is 25.7 Å². The topological polar surface area (TPSA) is 105 Å². The van der Waals surface area contributed by atoms with Gasteiger partial charge >= 0.3 is 0 Å². The van der Waals surface area contributed by atoms with Crippen molar-refractivity contribution in [3.8, 4) is 11.5 Å². The fourth-order valence-electron chi connectivity index (χ4n) is 1.93. The highest BCUT2D eigenvalue weighted by molar-refractivity contribution is 7.86. The first-order valence-electron chi connectivity index (χ1n) is 6.90. The number of hydrogen-bond donors (Lipinski definition) is 0. The monoisotopic (exact) mass is 378 g/mol. The highest BCUT2D eigenvalue weighted by Gasteiger charge is 2.13. The van der Waals surface area contributed by atoms with Crippen molar-refractivity contribution in [2.75, 3.05) is 32.5 Å². The maximum absolute atomic E-state index is 11.2.